The van der Waals surface area contributed by atoms with E-state index < -0.39 is 0 Å². The summed E-state index contributed by atoms with van der Waals surface area (Å²) in [6.45, 7) is 5.77. The van der Waals surface area contributed by atoms with Gasteiger partial charge in [-0.1, -0.05) is 12.1 Å². The summed E-state index contributed by atoms with van der Waals surface area (Å²) in [4.78, 5) is 3.72. The highest BCUT2D eigenvalue weighted by molar-refractivity contribution is 7.80. The Hall–Kier alpha value is -1.54. The summed E-state index contributed by atoms with van der Waals surface area (Å²) in [5.41, 5.74) is 1.27. The fourth-order valence-electron chi connectivity index (χ4n) is 2.81. The van der Waals surface area contributed by atoms with E-state index in [0.29, 0.717) is 22.9 Å². The van der Waals surface area contributed by atoms with E-state index >= 15 is 0 Å². The van der Waals surface area contributed by atoms with E-state index in [9.17, 15) is 4.39 Å². The van der Waals surface area contributed by atoms with Gasteiger partial charge in [-0.3, -0.25) is 4.90 Å². The van der Waals surface area contributed by atoms with Crippen LogP contribution in [-0.2, 0) is 4.74 Å². The molecule has 1 aliphatic rings. The lowest BCUT2D eigenvalue weighted by molar-refractivity contribution is 0.0177. The zero-order chi connectivity index (χ0) is 17.6. The van der Waals surface area contributed by atoms with Gasteiger partial charge in [0.15, 0.2) is 5.11 Å². The van der Waals surface area contributed by atoms with Crippen LogP contribution in [0.1, 0.15) is 16.5 Å². The number of nitrogens with one attached hydrogen (secondary N) is 2. The van der Waals surface area contributed by atoms with Crippen molar-refractivity contribution in [3.05, 3.63) is 52.0 Å². The van der Waals surface area contributed by atoms with Crippen molar-refractivity contribution in [2.24, 2.45) is 0 Å². The van der Waals surface area contributed by atoms with E-state index in [2.05, 4.69) is 33.0 Å². The van der Waals surface area contributed by atoms with Gasteiger partial charge < -0.3 is 15.4 Å². The normalized spacial score (nSPS) is 16.4. The molecule has 2 N–H and O–H groups in total. The Bertz CT molecular complexity index is 702. The SMILES string of the molecule is Cc1ccc(NC(=S)NC[C@@H](c2cccs2)N2CCOCC2)cc1F. The molecule has 0 bridgehead atoms. The minimum Gasteiger partial charge on any atom is -0.379 e. The first-order valence-corrected chi connectivity index (χ1v) is 9.58. The Balaban J connectivity index is 1.60. The van der Waals surface area contributed by atoms with Crippen LogP contribution in [0, 0.1) is 12.7 Å². The maximum atomic E-state index is 13.7. The molecule has 0 aliphatic carbocycles. The van der Waals surface area contributed by atoms with Crippen LogP contribution in [0.25, 0.3) is 0 Å². The molecule has 0 unspecified atom stereocenters. The van der Waals surface area contributed by atoms with E-state index in [1.165, 1.54) is 10.9 Å². The summed E-state index contributed by atoms with van der Waals surface area (Å²) in [5.74, 6) is -0.238. The minimum atomic E-state index is -0.238. The summed E-state index contributed by atoms with van der Waals surface area (Å²) >= 11 is 7.12. The van der Waals surface area contributed by atoms with E-state index in [0.717, 1.165) is 26.3 Å². The number of thiophene rings is 1. The minimum absolute atomic E-state index is 0.238. The molecule has 25 heavy (non-hydrogen) atoms. The van der Waals surface area contributed by atoms with Gasteiger partial charge in [-0.05, 0) is 48.3 Å². The number of ether oxygens (including phenoxy) is 1. The largest absolute Gasteiger partial charge is 0.379 e. The standard InChI is InChI=1S/C18H22FN3OS2/c1-13-4-5-14(11-15(13)19)21-18(24)20-12-16(17-3-2-10-25-17)22-6-8-23-9-7-22/h2-5,10-11,16H,6-9,12H2,1H3,(H2,20,21,24)/t16-/m0/s1. The lowest BCUT2D eigenvalue weighted by atomic mass is 10.2. The van der Waals surface area contributed by atoms with Crippen LogP contribution in [0.15, 0.2) is 35.7 Å². The Morgan fingerprint density at radius 3 is 2.84 bits per heavy atom. The number of morpholine rings is 1. The molecule has 1 aromatic carbocycles. The average molecular weight is 380 g/mol. The van der Waals surface area contributed by atoms with Gasteiger partial charge in [-0.25, -0.2) is 4.39 Å². The molecule has 2 heterocycles. The van der Waals surface area contributed by atoms with Gasteiger partial charge in [0.2, 0.25) is 0 Å². The maximum Gasteiger partial charge on any atom is 0.170 e. The average Bonchev–Trinajstić information content (AvgIpc) is 3.14. The van der Waals surface area contributed by atoms with E-state index in [-0.39, 0.29) is 11.9 Å². The second-order valence-electron chi connectivity index (χ2n) is 5.98. The molecule has 0 amide bonds. The topological polar surface area (TPSA) is 36.5 Å². The number of hydrogen-bond acceptors (Lipinski definition) is 4. The molecule has 0 spiro atoms. The molecule has 1 fully saturated rings. The highest BCUT2D eigenvalue weighted by atomic mass is 32.1. The van der Waals surface area contributed by atoms with Crippen LogP contribution < -0.4 is 10.6 Å². The quantitative estimate of drug-likeness (QED) is 0.777. The highest BCUT2D eigenvalue weighted by Crippen LogP contribution is 2.25. The van der Waals surface area contributed by atoms with Crippen LogP contribution in [-0.4, -0.2) is 42.9 Å². The maximum absolute atomic E-state index is 13.7. The van der Waals surface area contributed by atoms with Crippen molar-refractivity contribution in [3.63, 3.8) is 0 Å². The van der Waals surface area contributed by atoms with E-state index in [1.807, 2.05) is 6.07 Å². The van der Waals surface area contributed by atoms with E-state index in [4.69, 9.17) is 17.0 Å². The van der Waals surface area contributed by atoms with Gasteiger partial charge in [0.1, 0.15) is 5.82 Å². The number of nitrogens with zero attached hydrogens (tertiary/aromatic N) is 1. The third-order valence-corrected chi connectivity index (χ3v) is 5.46. The summed E-state index contributed by atoms with van der Waals surface area (Å²) in [5, 5.41) is 8.92. The molecule has 1 atom stereocenters. The number of benzene rings is 1. The zero-order valence-corrected chi connectivity index (χ0v) is 15.8. The van der Waals surface area contributed by atoms with Gasteiger partial charge >= 0.3 is 0 Å². The van der Waals surface area contributed by atoms with Crippen molar-refractivity contribution in [2.75, 3.05) is 38.2 Å². The number of aryl methyl sites for hydroxylation is 1. The first-order chi connectivity index (χ1) is 12.1. The van der Waals surface area contributed by atoms with Gasteiger partial charge in [0.25, 0.3) is 0 Å². The predicted octanol–water partition coefficient (Wildman–Crippen LogP) is 3.56. The van der Waals surface area contributed by atoms with Crippen molar-refractivity contribution in [1.82, 2.24) is 10.2 Å². The summed E-state index contributed by atoms with van der Waals surface area (Å²) in [6, 6.07) is 9.49. The molecular weight excluding hydrogens is 357 g/mol. The van der Waals surface area contributed by atoms with Crippen LogP contribution in [0.3, 0.4) is 0 Å². The second-order valence-corrected chi connectivity index (χ2v) is 7.37. The fourth-order valence-corrected chi connectivity index (χ4v) is 3.88. The zero-order valence-electron chi connectivity index (χ0n) is 14.1. The number of halogens is 1. The lowest BCUT2D eigenvalue weighted by Gasteiger charge is -2.34. The predicted molar refractivity (Wildman–Crippen MR) is 105 cm³/mol. The molecule has 4 nitrogen and oxygen atoms in total. The summed E-state index contributed by atoms with van der Waals surface area (Å²) < 4.78 is 19.1. The van der Waals surface area contributed by atoms with Gasteiger partial charge in [-0.2, -0.15) is 0 Å². The van der Waals surface area contributed by atoms with Gasteiger partial charge in [0, 0.05) is 30.2 Å². The summed E-state index contributed by atoms with van der Waals surface area (Å²) in [7, 11) is 0. The molecule has 7 heteroatoms. The monoisotopic (exact) mass is 379 g/mol. The van der Waals surface area contributed by atoms with Crippen molar-refractivity contribution >= 4 is 34.4 Å². The highest BCUT2D eigenvalue weighted by Gasteiger charge is 2.23. The molecule has 1 saturated heterocycles. The lowest BCUT2D eigenvalue weighted by Crippen LogP contribution is -2.44. The van der Waals surface area contributed by atoms with Crippen LogP contribution in [0.4, 0.5) is 10.1 Å². The van der Waals surface area contributed by atoms with Gasteiger partial charge in [0.05, 0.1) is 19.3 Å². The number of thiocarbonyl (C=S) groups is 1. The third kappa shape index (κ3) is 4.98. The molecule has 2 aromatic rings. The first kappa shape index (κ1) is 18.3. The van der Waals surface area contributed by atoms with Crippen LogP contribution in [0.2, 0.25) is 0 Å². The van der Waals surface area contributed by atoms with Crippen molar-refractivity contribution < 1.29 is 9.13 Å². The molecule has 0 radical (unpaired) electrons. The summed E-state index contributed by atoms with van der Waals surface area (Å²) in [6.07, 6.45) is 0. The Morgan fingerprint density at radius 2 is 2.16 bits per heavy atom. The van der Waals surface area contributed by atoms with Crippen molar-refractivity contribution in [3.8, 4) is 0 Å². The van der Waals surface area contributed by atoms with Crippen LogP contribution >= 0.6 is 23.6 Å². The number of anilines is 1. The fraction of sp³-hybridized carbons (Fsp3) is 0.389. The molecule has 3 rings (SSSR count). The molecule has 134 valence electrons. The molecule has 0 saturated carbocycles. The third-order valence-electron chi connectivity index (χ3n) is 4.24. The first-order valence-electron chi connectivity index (χ1n) is 8.29. The Morgan fingerprint density at radius 1 is 1.36 bits per heavy atom. The molecule has 1 aromatic heterocycles. The number of hydrogen-bond donors (Lipinski definition) is 2. The number of rotatable bonds is 5. The van der Waals surface area contributed by atoms with Crippen LogP contribution in [0.5, 0.6) is 0 Å². The molecule has 1 aliphatic heterocycles. The smallest absolute Gasteiger partial charge is 0.170 e. The van der Waals surface area contributed by atoms with Crippen molar-refractivity contribution in [2.45, 2.75) is 13.0 Å². The van der Waals surface area contributed by atoms with Gasteiger partial charge in [-0.15, -0.1) is 11.3 Å². The Labute approximate surface area is 157 Å². The van der Waals surface area contributed by atoms with Crippen molar-refractivity contribution in [1.29, 1.82) is 0 Å². The second kappa shape index (κ2) is 8.71. The molecular formula is C18H22FN3OS2. The Kier molecular flexibility index (Phi) is 6.36. The van der Waals surface area contributed by atoms with E-state index in [1.54, 1.807) is 24.3 Å².